The Morgan fingerprint density at radius 3 is 1.53 bits per heavy atom. The summed E-state index contributed by atoms with van der Waals surface area (Å²) in [5.74, 6) is -18.0. The lowest BCUT2D eigenvalue weighted by Crippen LogP contribution is -2.48. The van der Waals surface area contributed by atoms with Gasteiger partial charge in [-0.2, -0.15) is 0 Å². The molecule has 0 aliphatic rings. The van der Waals surface area contributed by atoms with Crippen LogP contribution in [0.25, 0.3) is 0 Å². The number of unbranched alkanes of at least 4 members (excludes halogenated alkanes) is 3. The highest BCUT2D eigenvalue weighted by atomic mass is 19.2. The van der Waals surface area contributed by atoms with Gasteiger partial charge >= 0.3 is 7.32 Å². The highest BCUT2D eigenvalue weighted by Crippen LogP contribution is 2.32. The number of quaternary nitrogens is 1. The van der Waals surface area contributed by atoms with Gasteiger partial charge in [0.2, 0.25) is 0 Å². The Morgan fingerprint density at radius 2 is 1.09 bits per heavy atom. The lowest BCUT2D eigenvalue weighted by atomic mass is 10.1. The quantitative estimate of drug-likeness (QED) is 0.0367. The zero-order valence-corrected chi connectivity index (χ0v) is 24.3. The molecule has 0 saturated heterocycles. The largest absolute Gasteiger partial charge is 0.864 e. The van der Waals surface area contributed by atoms with Crippen molar-refractivity contribution in [1.82, 2.24) is 0 Å². The van der Waals surface area contributed by atoms with Gasteiger partial charge in [-0.25, -0.2) is 39.5 Å². The molecule has 0 atom stereocenters. The summed E-state index contributed by atoms with van der Waals surface area (Å²) >= 11 is 0. The normalized spacial score (nSPS) is 11.3. The first-order valence-electron chi connectivity index (χ1n) is 13.9. The zero-order valence-electron chi connectivity index (χ0n) is 24.3. The highest BCUT2D eigenvalue weighted by Gasteiger charge is 2.37. The van der Waals surface area contributed by atoms with Crippen LogP contribution in [0.4, 0.5) is 39.5 Å². The predicted octanol–water partition coefficient (Wildman–Crippen LogP) is 8.73. The molecule has 0 fully saturated rings. The van der Waals surface area contributed by atoms with Gasteiger partial charge in [0.05, 0.1) is 25.2 Å². The summed E-state index contributed by atoms with van der Waals surface area (Å²) in [6.07, 6.45) is 6.48. The van der Waals surface area contributed by atoms with Crippen LogP contribution >= 0.6 is 0 Å². The Bertz CT molecular complexity index is 1410. The zero-order chi connectivity index (χ0) is 33.3. The van der Waals surface area contributed by atoms with Crippen molar-refractivity contribution in [1.29, 1.82) is 0 Å². The first-order valence-corrected chi connectivity index (χ1v) is 13.9. The fourth-order valence-corrected chi connectivity index (χ4v) is 4.68. The van der Waals surface area contributed by atoms with Gasteiger partial charge in [0.25, 0.3) is 0 Å². The maximum absolute atomic E-state index is 15.5. The van der Waals surface area contributed by atoms with E-state index in [1.165, 1.54) is 0 Å². The van der Waals surface area contributed by atoms with Gasteiger partial charge in [-0.15, -0.1) is 0 Å². The molecule has 0 saturated carbocycles. The molecule has 0 radical (unpaired) electrons. The highest BCUT2D eigenvalue weighted by molar-refractivity contribution is 6.39. The molecule has 3 rings (SSSR count). The first-order chi connectivity index (χ1) is 21.3. The molecule has 0 N–H and O–H groups in total. The molecule has 0 aliphatic heterocycles. The van der Waals surface area contributed by atoms with Crippen LogP contribution in [0.15, 0.2) is 55.6 Å². The summed E-state index contributed by atoms with van der Waals surface area (Å²) < 4.78 is 143. The minimum Gasteiger partial charge on any atom is -0.489 e. The van der Waals surface area contributed by atoms with Crippen molar-refractivity contribution in [2.24, 2.45) is 0 Å². The van der Waals surface area contributed by atoms with Crippen molar-refractivity contribution in [3.63, 3.8) is 0 Å². The van der Waals surface area contributed by atoms with Crippen molar-refractivity contribution in [2.45, 2.75) is 39.2 Å². The Kier molecular flexibility index (Phi) is 12.4. The van der Waals surface area contributed by atoms with Gasteiger partial charge in [-0.1, -0.05) is 32.9 Å². The molecule has 45 heavy (non-hydrogen) atoms. The molecule has 0 aliphatic carbocycles. The van der Waals surface area contributed by atoms with Crippen molar-refractivity contribution in [3.8, 4) is 17.2 Å². The first kappa shape index (κ1) is 35.4. The van der Waals surface area contributed by atoms with Crippen LogP contribution in [0.3, 0.4) is 0 Å². The van der Waals surface area contributed by atoms with Crippen molar-refractivity contribution in [2.75, 3.05) is 19.6 Å². The van der Waals surface area contributed by atoms with E-state index in [-0.39, 0.29) is 24.1 Å². The summed E-state index contributed by atoms with van der Waals surface area (Å²) in [7, 11) is -2.35. The Hall–Kier alpha value is -4.07. The minimum atomic E-state index is -2.35. The minimum absolute atomic E-state index is 0.0459. The fourth-order valence-electron chi connectivity index (χ4n) is 4.68. The number of hydrogen-bond donors (Lipinski definition) is 0. The topological polar surface area (TPSA) is 27.7 Å². The van der Waals surface area contributed by atoms with E-state index in [4.69, 9.17) is 14.0 Å². The molecule has 0 bridgehead atoms. The average molecular weight is 646 g/mol. The predicted molar refractivity (Wildman–Crippen MR) is 150 cm³/mol. The average Bonchev–Trinajstić information content (AvgIpc) is 2.98. The molecule has 3 aromatic rings. The second-order valence-electron chi connectivity index (χ2n) is 10.2. The van der Waals surface area contributed by atoms with E-state index in [0.29, 0.717) is 43.3 Å². The SMILES string of the molecule is C=CC[N+](CC=C)(CCCCCC)Cc1c(OB(Oc2cc(F)c(F)c(F)c2)Oc2cc(F)c(F)c(F)c2)cc(F)c(F)c1F. The smallest absolute Gasteiger partial charge is 0.489 e. The van der Waals surface area contributed by atoms with E-state index in [1.807, 2.05) is 6.92 Å². The molecule has 4 nitrogen and oxygen atoms in total. The number of nitrogens with zero attached hydrogens (tertiary/aromatic N) is 1. The van der Waals surface area contributed by atoms with Crippen molar-refractivity contribution >= 4 is 7.32 Å². The molecule has 0 unspecified atom stereocenters. The maximum atomic E-state index is 15.5. The third-order valence-corrected chi connectivity index (χ3v) is 6.84. The van der Waals surface area contributed by atoms with Crippen LogP contribution in [-0.2, 0) is 6.54 Å². The lowest BCUT2D eigenvalue weighted by molar-refractivity contribution is -0.930. The molecule has 0 heterocycles. The van der Waals surface area contributed by atoms with Crippen LogP contribution in [0.2, 0.25) is 0 Å². The number of benzene rings is 3. The number of rotatable bonds is 17. The molecule has 0 spiro atoms. The van der Waals surface area contributed by atoms with E-state index < -0.39 is 82.5 Å². The van der Waals surface area contributed by atoms with Gasteiger partial charge in [-0.05, 0) is 25.0 Å². The van der Waals surface area contributed by atoms with Gasteiger partial charge in [0, 0.05) is 30.3 Å². The van der Waals surface area contributed by atoms with Gasteiger partial charge in [0.15, 0.2) is 52.4 Å². The van der Waals surface area contributed by atoms with E-state index in [1.54, 1.807) is 12.2 Å². The van der Waals surface area contributed by atoms with E-state index in [9.17, 15) is 35.1 Å². The third-order valence-electron chi connectivity index (χ3n) is 6.84. The van der Waals surface area contributed by atoms with Gasteiger partial charge in [-0.3, -0.25) is 0 Å². The Morgan fingerprint density at radius 1 is 0.622 bits per heavy atom. The van der Waals surface area contributed by atoms with Crippen molar-refractivity contribution < 1.29 is 58.0 Å². The third kappa shape index (κ3) is 8.99. The van der Waals surface area contributed by atoms with Gasteiger partial charge in [0.1, 0.15) is 23.8 Å². The summed E-state index contributed by atoms with van der Waals surface area (Å²) in [4.78, 5) is 0. The molecular weight excluding hydrogens is 616 g/mol. The van der Waals surface area contributed by atoms with Crippen LogP contribution in [-0.4, -0.2) is 31.4 Å². The number of halogens is 9. The second kappa shape index (κ2) is 15.8. The molecule has 14 heteroatoms. The molecule has 3 aromatic carbocycles. The summed E-state index contributed by atoms with van der Waals surface area (Å²) in [5.41, 5.74) is -0.516. The maximum Gasteiger partial charge on any atom is 0.864 e. The number of hydrogen-bond acceptors (Lipinski definition) is 3. The lowest BCUT2D eigenvalue weighted by Gasteiger charge is -2.38. The van der Waals surface area contributed by atoms with E-state index >= 15 is 4.39 Å². The van der Waals surface area contributed by atoms with Crippen LogP contribution in [0, 0.1) is 52.4 Å². The summed E-state index contributed by atoms with van der Waals surface area (Å²) in [5, 5.41) is 0. The second-order valence-corrected chi connectivity index (χ2v) is 10.2. The molecule has 242 valence electrons. The standard InChI is InChI=1S/C31H30BF9NO3/c1-4-7-8-9-12-42(10-5-2,11-6-3)18-21-27(17-26(37)31(41)28(21)38)45-32(43-19-13-22(33)29(39)23(34)14-19)44-20-15-24(35)30(40)25(36)16-20/h5-6,13-17H,2-4,7-12,18H2,1H3/q+1. The van der Waals surface area contributed by atoms with Gasteiger partial charge < -0.3 is 18.4 Å². The van der Waals surface area contributed by atoms with Crippen molar-refractivity contribution in [3.05, 3.63) is 114 Å². The van der Waals surface area contributed by atoms with E-state index in [2.05, 4.69) is 13.2 Å². The summed E-state index contributed by atoms with van der Waals surface area (Å²) in [6, 6.07) is 1.91. The van der Waals surface area contributed by atoms with Crippen LogP contribution in [0.5, 0.6) is 17.2 Å². The van der Waals surface area contributed by atoms with Crippen LogP contribution < -0.4 is 14.0 Å². The van der Waals surface area contributed by atoms with E-state index in [0.717, 1.165) is 19.3 Å². The molecule has 0 aromatic heterocycles. The Balaban J connectivity index is 2.11. The summed E-state index contributed by atoms with van der Waals surface area (Å²) in [6.45, 7) is 10.1. The molecule has 0 amide bonds. The van der Waals surface area contributed by atoms with Crippen LogP contribution in [0.1, 0.15) is 38.2 Å². The monoisotopic (exact) mass is 646 g/mol. The molecular formula is C31H30BF9NO3+. The Labute approximate surface area is 255 Å². The fraction of sp³-hybridized carbons (Fsp3) is 0.290.